The Hall–Kier alpha value is -2.67. The third-order valence-corrected chi connectivity index (χ3v) is 8.48. The molecule has 0 radical (unpaired) electrons. The Morgan fingerprint density at radius 3 is 2.09 bits per heavy atom. The highest BCUT2D eigenvalue weighted by Gasteiger charge is 2.27. The van der Waals surface area contributed by atoms with E-state index in [1.54, 1.807) is 7.11 Å². The monoisotopic (exact) mass is 483 g/mol. The number of sulfonamides is 2. The van der Waals surface area contributed by atoms with Gasteiger partial charge < -0.3 is 14.7 Å². The highest BCUT2D eigenvalue weighted by atomic mass is 32.2. The number of ether oxygens (including phenoxy) is 1. The molecule has 0 saturated carbocycles. The molecule has 2 aromatic rings. The topological polar surface area (TPSA) is 133 Å². The van der Waals surface area contributed by atoms with Crippen molar-refractivity contribution in [2.24, 2.45) is 0 Å². The van der Waals surface area contributed by atoms with Crippen molar-refractivity contribution in [2.45, 2.75) is 4.90 Å². The van der Waals surface area contributed by atoms with Gasteiger partial charge in [0.05, 0.1) is 23.3 Å². The van der Waals surface area contributed by atoms with Crippen molar-refractivity contribution in [3.63, 3.8) is 0 Å². The van der Waals surface area contributed by atoms with Gasteiger partial charge >= 0.3 is 5.97 Å². The van der Waals surface area contributed by atoms with Gasteiger partial charge in [-0.3, -0.25) is 0 Å². The maximum absolute atomic E-state index is 12.6. The van der Waals surface area contributed by atoms with Crippen LogP contribution in [0.2, 0.25) is 0 Å². The molecule has 1 saturated heterocycles. The molecule has 0 atom stereocenters. The molecule has 0 unspecified atom stereocenters. The van der Waals surface area contributed by atoms with Gasteiger partial charge in [0.25, 0.3) is 0 Å². The second-order valence-corrected chi connectivity index (χ2v) is 11.0. The van der Waals surface area contributed by atoms with Gasteiger partial charge in [-0.2, -0.15) is 4.31 Å². The lowest BCUT2D eigenvalue weighted by Crippen LogP contribution is -2.50. The normalized spacial score (nSPS) is 15.5. The molecule has 0 bridgehead atoms. The minimum Gasteiger partial charge on any atom is -0.497 e. The SMILES string of the molecule is COc1ccc(N2CCN(S(=O)(=O)CCNS(=O)(=O)c3ccc(C(=O)O)cc3)CC2)cc1. The maximum atomic E-state index is 12.6. The van der Waals surface area contributed by atoms with Crippen LogP contribution in [0.4, 0.5) is 5.69 Å². The molecule has 0 spiro atoms. The summed E-state index contributed by atoms with van der Waals surface area (Å²) in [5.74, 6) is -0.794. The molecule has 1 heterocycles. The van der Waals surface area contributed by atoms with Gasteiger partial charge in [0.1, 0.15) is 5.75 Å². The van der Waals surface area contributed by atoms with Crippen LogP contribution in [-0.2, 0) is 20.0 Å². The van der Waals surface area contributed by atoms with Crippen LogP contribution >= 0.6 is 0 Å². The number of methoxy groups -OCH3 is 1. The van der Waals surface area contributed by atoms with Gasteiger partial charge in [0, 0.05) is 38.4 Å². The zero-order chi connectivity index (χ0) is 23.4. The Morgan fingerprint density at radius 1 is 0.969 bits per heavy atom. The standard InChI is InChI=1S/C20H25N3O7S2/c1-30-18-6-4-17(5-7-18)22-11-13-23(14-12-22)31(26,27)15-10-21-32(28,29)19-8-2-16(3-9-19)20(24)25/h2-9,21H,10-15H2,1H3,(H,24,25). The van der Waals surface area contributed by atoms with E-state index in [4.69, 9.17) is 9.84 Å². The lowest BCUT2D eigenvalue weighted by molar-refractivity contribution is 0.0696. The minimum atomic E-state index is -3.95. The van der Waals surface area contributed by atoms with Crippen molar-refractivity contribution in [1.82, 2.24) is 9.03 Å². The molecule has 0 aliphatic carbocycles. The quantitative estimate of drug-likeness (QED) is 0.536. The number of carbonyl (C=O) groups is 1. The van der Waals surface area contributed by atoms with Gasteiger partial charge in [-0.15, -0.1) is 0 Å². The summed E-state index contributed by atoms with van der Waals surface area (Å²) < 4.78 is 58.7. The number of hydrogen-bond donors (Lipinski definition) is 2. The number of carboxylic acid groups (broad SMARTS) is 1. The predicted molar refractivity (Wildman–Crippen MR) is 119 cm³/mol. The molecule has 0 aromatic heterocycles. The third kappa shape index (κ3) is 5.76. The second kappa shape index (κ2) is 9.86. The van der Waals surface area contributed by atoms with E-state index in [1.807, 2.05) is 24.3 Å². The molecule has 2 aromatic carbocycles. The lowest BCUT2D eigenvalue weighted by Gasteiger charge is -2.35. The summed E-state index contributed by atoms with van der Waals surface area (Å²) in [6, 6.07) is 12.2. The summed E-state index contributed by atoms with van der Waals surface area (Å²) in [6.45, 7) is 1.36. The summed E-state index contributed by atoms with van der Waals surface area (Å²) >= 11 is 0. The number of rotatable bonds is 9. The number of hydrogen-bond acceptors (Lipinski definition) is 7. The molecule has 1 fully saturated rings. The number of carboxylic acids is 1. The summed E-state index contributed by atoms with van der Waals surface area (Å²) in [4.78, 5) is 12.8. The van der Waals surface area contributed by atoms with Crippen LogP contribution in [0, 0.1) is 0 Å². The smallest absolute Gasteiger partial charge is 0.335 e. The minimum absolute atomic E-state index is 0.0414. The first-order chi connectivity index (χ1) is 15.1. The fourth-order valence-electron chi connectivity index (χ4n) is 3.31. The van der Waals surface area contributed by atoms with Crippen molar-refractivity contribution in [3.05, 3.63) is 54.1 Å². The molecule has 10 nitrogen and oxygen atoms in total. The zero-order valence-corrected chi connectivity index (χ0v) is 19.1. The molecule has 0 amide bonds. The van der Waals surface area contributed by atoms with Crippen LogP contribution in [0.15, 0.2) is 53.4 Å². The van der Waals surface area contributed by atoms with Gasteiger partial charge in [0.2, 0.25) is 20.0 Å². The molecule has 1 aliphatic heterocycles. The summed E-state index contributed by atoms with van der Waals surface area (Å²) in [6.07, 6.45) is 0. The first-order valence-electron chi connectivity index (χ1n) is 9.82. The average molecular weight is 484 g/mol. The summed E-state index contributed by atoms with van der Waals surface area (Å²) in [5, 5.41) is 8.89. The number of nitrogens with zero attached hydrogens (tertiary/aromatic N) is 2. The molecule has 12 heteroatoms. The Balaban J connectivity index is 1.52. The van der Waals surface area contributed by atoms with Gasteiger partial charge in [-0.05, 0) is 48.5 Å². The van der Waals surface area contributed by atoms with Gasteiger partial charge in [-0.25, -0.2) is 26.4 Å². The number of anilines is 1. The number of benzene rings is 2. The van der Waals surface area contributed by atoms with Crippen molar-refractivity contribution in [1.29, 1.82) is 0 Å². The van der Waals surface area contributed by atoms with E-state index in [-0.39, 0.29) is 22.8 Å². The molecular weight excluding hydrogens is 458 g/mol. The van der Waals surface area contributed by atoms with Crippen molar-refractivity contribution >= 4 is 31.7 Å². The van der Waals surface area contributed by atoms with E-state index >= 15 is 0 Å². The van der Waals surface area contributed by atoms with Crippen LogP contribution in [-0.4, -0.2) is 77.8 Å². The third-order valence-electron chi connectivity index (χ3n) is 5.13. The number of piperazine rings is 1. The molecule has 1 aliphatic rings. The first kappa shape index (κ1) is 24.0. The highest BCUT2D eigenvalue weighted by molar-refractivity contribution is 7.90. The maximum Gasteiger partial charge on any atom is 0.335 e. The van der Waals surface area contributed by atoms with Crippen LogP contribution in [0.25, 0.3) is 0 Å². The lowest BCUT2D eigenvalue weighted by atomic mass is 10.2. The predicted octanol–water partition coefficient (Wildman–Crippen LogP) is 0.824. The highest BCUT2D eigenvalue weighted by Crippen LogP contribution is 2.21. The van der Waals surface area contributed by atoms with Crippen LogP contribution in [0.1, 0.15) is 10.4 Å². The largest absolute Gasteiger partial charge is 0.497 e. The number of aromatic carboxylic acids is 1. The summed E-state index contributed by atoms with van der Waals surface area (Å²) in [5.41, 5.74) is 0.935. The molecule has 3 rings (SSSR count). The molecule has 32 heavy (non-hydrogen) atoms. The van der Waals surface area contributed by atoms with Crippen molar-refractivity contribution in [3.8, 4) is 5.75 Å². The van der Waals surface area contributed by atoms with E-state index in [1.165, 1.54) is 28.6 Å². The van der Waals surface area contributed by atoms with Crippen molar-refractivity contribution in [2.75, 3.05) is 50.5 Å². The Morgan fingerprint density at radius 2 is 1.56 bits per heavy atom. The van der Waals surface area contributed by atoms with Crippen LogP contribution in [0.3, 0.4) is 0 Å². The van der Waals surface area contributed by atoms with Crippen molar-refractivity contribution < 1.29 is 31.5 Å². The fraction of sp³-hybridized carbons (Fsp3) is 0.350. The Kier molecular flexibility index (Phi) is 7.39. The fourth-order valence-corrected chi connectivity index (χ4v) is 5.81. The van der Waals surface area contributed by atoms with Gasteiger partial charge in [0.15, 0.2) is 0 Å². The Labute approximate surface area is 187 Å². The van der Waals surface area contributed by atoms with E-state index in [9.17, 15) is 21.6 Å². The molecular formula is C20H25N3O7S2. The Bertz CT molecular complexity index is 1140. The van der Waals surface area contributed by atoms with E-state index < -0.39 is 26.0 Å². The van der Waals surface area contributed by atoms with Crippen LogP contribution < -0.4 is 14.4 Å². The van der Waals surface area contributed by atoms with Crippen LogP contribution in [0.5, 0.6) is 5.75 Å². The van der Waals surface area contributed by atoms with E-state index in [2.05, 4.69) is 9.62 Å². The molecule has 174 valence electrons. The zero-order valence-electron chi connectivity index (χ0n) is 17.5. The first-order valence-corrected chi connectivity index (χ1v) is 12.9. The number of nitrogens with one attached hydrogen (secondary N) is 1. The van der Waals surface area contributed by atoms with E-state index in [0.29, 0.717) is 26.2 Å². The van der Waals surface area contributed by atoms with Gasteiger partial charge in [-0.1, -0.05) is 0 Å². The van der Waals surface area contributed by atoms with E-state index in [0.717, 1.165) is 11.4 Å². The summed E-state index contributed by atoms with van der Waals surface area (Å²) in [7, 11) is -6.00. The molecule has 2 N–H and O–H groups in total. The average Bonchev–Trinajstić information content (AvgIpc) is 2.79. The second-order valence-electron chi connectivity index (χ2n) is 7.13.